The first kappa shape index (κ1) is 29.0. The number of alkyl halides is 3. The molecule has 2 fully saturated rings. The van der Waals surface area contributed by atoms with Gasteiger partial charge in [-0.15, -0.1) is 13.2 Å². The monoisotopic (exact) mass is 562 g/mol. The molecular weight excluding hydrogens is 529 g/mol. The van der Waals surface area contributed by atoms with E-state index in [2.05, 4.69) is 25.6 Å². The van der Waals surface area contributed by atoms with E-state index in [4.69, 9.17) is 5.73 Å². The van der Waals surface area contributed by atoms with E-state index in [1.165, 1.54) is 0 Å². The number of hydrogen-bond donors (Lipinski definition) is 4. The van der Waals surface area contributed by atoms with Crippen molar-refractivity contribution in [2.75, 3.05) is 43.8 Å². The number of urea groups is 1. The molecule has 0 aromatic heterocycles. The van der Waals surface area contributed by atoms with E-state index in [0.29, 0.717) is 19.5 Å². The second-order valence-electron chi connectivity index (χ2n) is 10.0. The summed E-state index contributed by atoms with van der Waals surface area (Å²) in [6.45, 7) is 5.13. The topological polar surface area (TPSA) is 129 Å². The van der Waals surface area contributed by atoms with Gasteiger partial charge in [0.2, 0.25) is 5.91 Å². The minimum Gasteiger partial charge on any atom is -0.406 e. The number of anilines is 2. The van der Waals surface area contributed by atoms with Crippen LogP contribution in [0.15, 0.2) is 36.4 Å². The molecule has 0 unspecified atom stereocenters. The minimum atomic E-state index is -4.91. The molecule has 4 amide bonds. The molecule has 0 saturated carbocycles. The van der Waals surface area contributed by atoms with Crippen LogP contribution in [-0.4, -0.2) is 72.8 Å². The molecule has 0 radical (unpaired) electrons. The van der Waals surface area contributed by atoms with E-state index in [1.807, 2.05) is 30.0 Å². The third-order valence-corrected chi connectivity index (χ3v) is 6.89. The van der Waals surface area contributed by atoms with Crippen LogP contribution in [0.2, 0.25) is 0 Å². The number of ether oxygens (including phenoxy) is 1. The number of nitrogens with two attached hydrogens (primary N) is 1. The van der Waals surface area contributed by atoms with E-state index in [-0.39, 0.29) is 29.9 Å². The van der Waals surface area contributed by atoms with Crippen molar-refractivity contribution >= 4 is 29.2 Å². The Morgan fingerprint density at radius 2 is 1.82 bits per heavy atom. The zero-order valence-electron chi connectivity index (χ0n) is 22.1. The first-order valence-electron chi connectivity index (χ1n) is 13.1. The number of likely N-dealkylation sites (tertiary alicyclic amines) is 2. The SMILES string of the molecule is Cc1ccc(CN2CC[C@H](NC(=O)CNC(=O)c3cc(OC(F)(F)F)ccc3N)C2)cc1NC(=O)N1CCCC1. The summed E-state index contributed by atoms with van der Waals surface area (Å²) >= 11 is 0. The van der Waals surface area contributed by atoms with Gasteiger partial charge in [0.15, 0.2) is 0 Å². The zero-order chi connectivity index (χ0) is 28.9. The number of rotatable bonds is 8. The Bertz CT molecular complexity index is 1250. The van der Waals surface area contributed by atoms with Gasteiger partial charge in [-0.2, -0.15) is 0 Å². The Morgan fingerprint density at radius 3 is 2.55 bits per heavy atom. The zero-order valence-corrected chi connectivity index (χ0v) is 22.1. The lowest BCUT2D eigenvalue weighted by Crippen LogP contribution is -2.43. The maximum absolute atomic E-state index is 12.5. The highest BCUT2D eigenvalue weighted by molar-refractivity contribution is 6.01. The van der Waals surface area contributed by atoms with Crippen LogP contribution in [0.25, 0.3) is 0 Å². The number of carbonyl (C=O) groups is 3. The number of benzene rings is 2. The van der Waals surface area contributed by atoms with E-state index in [0.717, 1.165) is 67.5 Å². The van der Waals surface area contributed by atoms with Gasteiger partial charge in [-0.3, -0.25) is 14.5 Å². The summed E-state index contributed by atoms with van der Waals surface area (Å²) < 4.78 is 41.3. The highest BCUT2D eigenvalue weighted by atomic mass is 19.4. The summed E-state index contributed by atoms with van der Waals surface area (Å²) in [5, 5.41) is 8.27. The third kappa shape index (κ3) is 8.01. The summed E-state index contributed by atoms with van der Waals surface area (Å²) in [4.78, 5) is 41.4. The van der Waals surface area contributed by atoms with Crippen LogP contribution in [0, 0.1) is 6.92 Å². The second-order valence-corrected chi connectivity index (χ2v) is 10.0. The molecule has 2 aromatic carbocycles. The molecule has 13 heteroatoms. The van der Waals surface area contributed by atoms with E-state index < -0.39 is 23.9 Å². The molecule has 10 nitrogen and oxygen atoms in total. The molecule has 0 spiro atoms. The predicted octanol–water partition coefficient (Wildman–Crippen LogP) is 3.22. The predicted molar refractivity (Wildman–Crippen MR) is 143 cm³/mol. The Hall–Kier alpha value is -4.00. The van der Waals surface area contributed by atoms with Crippen LogP contribution in [0.3, 0.4) is 0 Å². The van der Waals surface area contributed by atoms with Gasteiger partial charge in [-0.1, -0.05) is 12.1 Å². The Kier molecular flexibility index (Phi) is 9.03. The molecule has 2 heterocycles. The molecule has 2 aliphatic heterocycles. The molecule has 2 aliphatic rings. The first-order valence-corrected chi connectivity index (χ1v) is 13.1. The fourth-order valence-electron chi connectivity index (χ4n) is 4.83. The van der Waals surface area contributed by atoms with Crippen LogP contribution in [0.5, 0.6) is 5.75 Å². The number of nitrogens with zero attached hydrogens (tertiary/aromatic N) is 2. The number of hydrogen-bond acceptors (Lipinski definition) is 6. The number of nitrogen functional groups attached to an aromatic ring is 1. The van der Waals surface area contributed by atoms with Crippen LogP contribution >= 0.6 is 0 Å². The minimum absolute atomic E-state index is 0.0475. The maximum Gasteiger partial charge on any atom is 0.573 e. The fourth-order valence-corrected chi connectivity index (χ4v) is 4.83. The maximum atomic E-state index is 12.5. The number of nitrogens with one attached hydrogen (secondary N) is 3. The van der Waals surface area contributed by atoms with Gasteiger partial charge in [0.25, 0.3) is 5.91 Å². The molecule has 0 bridgehead atoms. The molecule has 2 saturated heterocycles. The molecule has 4 rings (SSSR count). The summed E-state index contributed by atoms with van der Waals surface area (Å²) in [5.41, 5.74) is 8.24. The van der Waals surface area contributed by atoms with Gasteiger partial charge in [-0.25, -0.2) is 4.79 Å². The molecule has 0 aliphatic carbocycles. The largest absolute Gasteiger partial charge is 0.573 e. The van der Waals surface area contributed by atoms with Crippen molar-refractivity contribution in [2.45, 2.75) is 45.1 Å². The smallest absolute Gasteiger partial charge is 0.406 e. The van der Waals surface area contributed by atoms with Gasteiger partial charge in [0.05, 0.1) is 12.1 Å². The van der Waals surface area contributed by atoms with Gasteiger partial charge in [0, 0.05) is 50.1 Å². The molecule has 1 atom stereocenters. The average Bonchev–Trinajstić information content (AvgIpc) is 3.58. The van der Waals surface area contributed by atoms with Gasteiger partial charge in [-0.05, 0) is 61.6 Å². The van der Waals surface area contributed by atoms with Crippen molar-refractivity contribution in [1.29, 1.82) is 0 Å². The Balaban J connectivity index is 1.24. The van der Waals surface area contributed by atoms with Gasteiger partial charge < -0.3 is 31.3 Å². The van der Waals surface area contributed by atoms with E-state index in [1.54, 1.807) is 0 Å². The Labute approximate surface area is 230 Å². The van der Waals surface area contributed by atoms with Gasteiger partial charge >= 0.3 is 12.4 Å². The molecular formula is C27H33F3N6O4. The van der Waals surface area contributed by atoms with Crippen LogP contribution in [0.1, 0.15) is 40.7 Å². The summed E-state index contributed by atoms with van der Waals surface area (Å²) in [6, 6.07) is 8.76. The number of carbonyl (C=O) groups excluding carboxylic acids is 3. The van der Waals surface area contributed by atoms with Crippen LogP contribution in [-0.2, 0) is 11.3 Å². The molecule has 40 heavy (non-hydrogen) atoms. The quantitative estimate of drug-likeness (QED) is 0.366. The van der Waals surface area contributed by atoms with E-state index in [9.17, 15) is 27.6 Å². The van der Waals surface area contributed by atoms with Crippen molar-refractivity contribution in [3.63, 3.8) is 0 Å². The van der Waals surface area contributed by atoms with Crippen molar-refractivity contribution in [3.05, 3.63) is 53.1 Å². The van der Waals surface area contributed by atoms with Crippen molar-refractivity contribution in [3.8, 4) is 5.75 Å². The second kappa shape index (κ2) is 12.5. The summed E-state index contributed by atoms with van der Waals surface area (Å²) in [5.74, 6) is -1.80. The Morgan fingerprint density at radius 1 is 1.07 bits per heavy atom. The number of halogens is 3. The van der Waals surface area contributed by atoms with Gasteiger partial charge in [0.1, 0.15) is 5.75 Å². The van der Waals surface area contributed by atoms with Crippen molar-refractivity contribution in [1.82, 2.24) is 20.4 Å². The van der Waals surface area contributed by atoms with E-state index >= 15 is 0 Å². The highest BCUT2D eigenvalue weighted by Gasteiger charge is 2.31. The fraction of sp³-hybridized carbons (Fsp3) is 0.444. The summed E-state index contributed by atoms with van der Waals surface area (Å²) in [6.07, 6.45) is -2.15. The lowest BCUT2D eigenvalue weighted by molar-refractivity contribution is -0.274. The number of aryl methyl sites for hydroxylation is 1. The molecule has 5 N–H and O–H groups in total. The van der Waals surface area contributed by atoms with Crippen molar-refractivity contribution < 1.29 is 32.3 Å². The number of amides is 4. The standard InChI is InChI=1S/C27H33F3N6O4/c1-17-4-5-18(12-23(17)34-26(39)36-9-2-3-10-36)15-35-11-8-19(16-35)33-24(37)14-32-25(38)21-13-20(6-7-22(21)31)40-27(28,29)30/h4-7,12-13,19H,2-3,8-11,14-16,31H2,1H3,(H,32,38)(H,33,37)(H,34,39)/t19-/m0/s1. The first-order chi connectivity index (χ1) is 19.0. The molecule has 216 valence electrons. The average molecular weight is 563 g/mol. The molecule has 2 aromatic rings. The third-order valence-electron chi connectivity index (χ3n) is 6.89. The normalized spacial score (nSPS) is 17.5. The van der Waals surface area contributed by atoms with Crippen LogP contribution < -0.4 is 26.4 Å². The summed E-state index contributed by atoms with van der Waals surface area (Å²) in [7, 11) is 0. The lowest BCUT2D eigenvalue weighted by atomic mass is 10.1. The van der Waals surface area contributed by atoms with Crippen molar-refractivity contribution in [2.24, 2.45) is 0 Å². The lowest BCUT2D eigenvalue weighted by Gasteiger charge is -2.20. The van der Waals surface area contributed by atoms with Crippen LogP contribution in [0.4, 0.5) is 29.3 Å². The highest BCUT2D eigenvalue weighted by Crippen LogP contribution is 2.26.